The summed E-state index contributed by atoms with van der Waals surface area (Å²) in [5.74, 6) is 1.77. The number of aromatic amines is 1. The molecule has 2 nitrogen and oxygen atoms in total. The number of ether oxygens (including phenoxy) is 1. The minimum absolute atomic E-state index is 0.876. The Labute approximate surface area is 163 Å². The number of nitrogens with one attached hydrogen (secondary N) is 1. The predicted octanol–water partition coefficient (Wildman–Crippen LogP) is 7.27. The molecule has 1 aliphatic heterocycles. The van der Waals surface area contributed by atoms with Gasteiger partial charge in [-0.3, -0.25) is 0 Å². The average molecular weight is 359 g/mol. The lowest BCUT2D eigenvalue weighted by molar-refractivity contribution is 0.487. The van der Waals surface area contributed by atoms with E-state index >= 15 is 0 Å². The normalized spacial score (nSPS) is 11.9. The Morgan fingerprint density at radius 2 is 1.18 bits per heavy atom. The molecule has 0 amide bonds. The molecule has 0 atom stereocenters. The molecule has 1 aromatic heterocycles. The van der Waals surface area contributed by atoms with E-state index in [1.165, 1.54) is 22.1 Å². The minimum Gasteiger partial charge on any atom is -0.456 e. The van der Waals surface area contributed by atoms with Crippen molar-refractivity contribution >= 4 is 10.9 Å². The van der Waals surface area contributed by atoms with Crippen molar-refractivity contribution in [2.45, 2.75) is 0 Å². The molecule has 132 valence electrons. The number of rotatable bonds is 1. The largest absolute Gasteiger partial charge is 0.456 e. The van der Waals surface area contributed by atoms with Gasteiger partial charge in [-0.25, -0.2) is 0 Å². The Hall–Kier alpha value is -3.78. The van der Waals surface area contributed by atoms with Gasteiger partial charge in [0.1, 0.15) is 11.5 Å². The lowest BCUT2D eigenvalue weighted by atomic mass is 9.96. The van der Waals surface area contributed by atoms with Crippen molar-refractivity contribution < 1.29 is 4.74 Å². The molecule has 2 heterocycles. The molecule has 28 heavy (non-hydrogen) atoms. The van der Waals surface area contributed by atoms with Gasteiger partial charge < -0.3 is 9.72 Å². The van der Waals surface area contributed by atoms with Gasteiger partial charge >= 0.3 is 0 Å². The number of hydrogen-bond acceptors (Lipinski definition) is 1. The maximum absolute atomic E-state index is 6.29. The van der Waals surface area contributed by atoms with Gasteiger partial charge in [-0.1, -0.05) is 78.9 Å². The van der Waals surface area contributed by atoms with Crippen molar-refractivity contribution in [2.24, 2.45) is 0 Å². The molecule has 0 saturated heterocycles. The summed E-state index contributed by atoms with van der Waals surface area (Å²) in [5, 5.41) is 1.21. The highest BCUT2D eigenvalue weighted by Gasteiger charge is 2.25. The zero-order chi connectivity index (χ0) is 18.5. The lowest BCUT2D eigenvalue weighted by Crippen LogP contribution is -1.86. The van der Waals surface area contributed by atoms with Crippen LogP contribution >= 0.6 is 0 Å². The first kappa shape index (κ1) is 15.3. The van der Waals surface area contributed by atoms with Gasteiger partial charge in [0.25, 0.3) is 0 Å². The summed E-state index contributed by atoms with van der Waals surface area (Å²) in [6.07, 6.45) is 0. The van der Waals surface area contributed by atoms with E-state index in [2.05, 4.69) is 77.8 Å². The highest BCUT2D eigenvalue weighted by atomic mass is 16.5. The summed E-state index contributed by atoms with van der Waals surface area (Å²) in [7, 11) is 0. The van der Waals surface area contributed by atoms with Crippen LogP contribution in [-0.4, -0.2) is 4.98 Å². The van der Waals surface area contributed by atoms with Gasteiger partial charge in [0.15, 0.2) is 0 Å². The van der Waals surface area contributed by atoms with Crippen molar-refractivity contribution in [1.82, 2.24) is 4.98 Å². The second kappa shape index (κ2) is 5.86. The maximum Gasteiger partial charge on any atom is 0.136 e. The average Bonchev–Trinajstić information content (AvgIpc) is 3.08. The van der Waals surface area contributed by atoms with Gasteiger partial charge in [-0.05, 0) is 23.8 Å². The zero-order valence-corrected chi connectivity index (χ0v) is 15.1. The van der Waals surface area contributed by atoms with Crippen LogP contribution < -0.4 is 4.74 Å². The van der Waals surface area contributed by atoms with E-state index in [9.17, 15) is 0 Å². The molecular weight excluding hydrogens is 342 g/mol. The van der Waals surface area contributed by atoms with Gasteiger partial charge in [-0.15, -0.1) is 0 Å². The van der Waals surface area contributed by atoms with E-state index in [1.54, 1.807) is 0 Å². The molecule has 0 radical (unpaired) electrons. The predicted molar refractivity (Wildman–Crippen MR) is 115 cm³/mol. The van der Waals surface area contributed by atoms with Crippen LogP contribution in [0.2, 0.25) is 0 Å². The van der Waals surface area contributed by atoms with Crippen LogP contribution in [0.5, 0.6) is 11.5 Å². The van der Waals surface area contributed by atoms with Crippen LogP contribution in [0.15, 0.2) is 97.1 Å². The fourth-order valence-electron chi connectivity index (χ4n) is 4.20. The smallest absolute Gasteiger partial charge is 0.136 e. The maximum atomic E-state index is 6.29. The van der Waals surface area contributed by atoms with Gasteiger partial charge in [-0.2, -0.15) is 0 Å². The minimum atomic E-state index is 0.876. The summed E-state index contributed by atoms with van der Waals surface area (Å²) in [4.78, 5) is 3.74. The fraction of sp³-hybridized carbons (Fsp3) is 0. The van der Waals surface area contributed by atoms with Gasteiger partial charge in [0, 0.05) is 27.6 Å². The van der Waals surface area contributed by atoms with Crippen molar-refractivity contribution in [1.29, 1.82) is 0 Å². The Morgan fingerprint density at radius 1 is 0.536 bits per heavy atom. The van der Waals surface area contributed by atoms with Crippen LogP contribution in [0.25, 0.3) is 44.4 Å². The van der Waals surface area contributed by atoms with E-state index in [4.69, 9.17) is 4.74 Å². The number of aromatic nitrogens is 1. The number of benzene rings is 4. The van der Waals surface area contributed by atoms with Crippen molar-refractivity contribution in [3.63, 3.8) is 0 Å². The third-order valence-electron chi connectivity index (χ3n) is 5.45. The molecule has 6 rings (SSSR count). The quantitative estimate of drug-likeness (QED) is 0.328. The van der Waals surface area contributed by atoms with Gasteiger partial charge in [0.05, 0.1) is 11.2 Å². The molecular formula is C26H17NO. The van der Waals surface area contributed by atoms with Crippen LogP contribution in [0.4, 0.5) is 0 Å². The Balaban J connectivity index is 1.76. The number of para-hydroxylation sites is 3. The zero-order valence-electron chi connectivity index (χ0n) is 15.1. The topological polar surface area (TPSA) is 25.0 Å². The van der Waals surface area contributed by atoms with Crippen LogP contribution in [0.1, 0.15) is 0 Å². The summed E-state index contributed by atoms with van der Waals surface area (Å²) in [5.41, 5.74) is 8.09. The standard InChI is InChI=1S/C26H17NO/c1-2-9-17(10-3-1)18-13-8-14-21-24-19-11-4-6-15-22(19)28-23-16-7-5-12-20(23)26(24)27-25(18)21/h1-16,27H. The molecule has 0 bridgehead atoms. The first-order valence-electron chi connectivity index (χ1n) is 9.47. The van der Waals surface area contributed by atoms with Crippen molar-refractivity contribution in [2.75, 3.05) is 0 Å². The lowest BCUT2D eigenvalue weighted by Gasteiger charge is -2.09. The Kier molecular flexibility index (Phi) is 3.20. The molecule has 0 spiro atoms. The van der Waals surface area contributed by atoms with E-state index in [0.717, 1.165) is 33.8 Å². The van der Waals surface area contributed by atoms with Crippen molar-refractivity contribution in [3.05, 3.63) is 97.1 Å². The molecule has 0 unspecified atom stereocenters. The molecule has 2 heteroatoms. The van der Waals surface area contributed by atoms with E-state index in [0.29, 0.717) is 0 Å². The third-order valence-corrected chi connectivity index (χ3v) is 5.45. The Bertz CT molecular complexity index is 1330. The SMILES string of the molecule is c1ccc(-c2cccc3c4c([nH]c23)-c2ccccc2Oc2ccccc2-4)cc1. The van der Waals surface area contributed by atoms with Crippen molar-refractivity contribution in [3.8, 4) is 45.0 Å². The van der Waals surface area contributed by atoms with Crippen LogP contribution in [-0.2, 0) is 0 Å². The van der Waals surface area contributed by atoms with E-state index in [1.807, 2.05) is 24.3 Å². The fourth-order valence-corrected chi connectivity index (χ4v) is 4.20. The highest BCUT2D eigenvalue weighted by Crippen LogP contribution is 2.50. The molecule has 0 fully saturated rings. The number of hydrogen-bond donors (Lipinski definition) is 1. The second-order valence-electron chi connectivity index (χ2n) is 7.06. The first-order valence-corrected chi connectivity index (χ1v) is 9.47. The van der Waals surface area contributed by atoms with Gasteiger partial charge in [0.2, 0.25) is 0 Å². The summed E-state index contributed by atoms with van der Waals surface area (Å²) < 4.78 is 6.29. The second-order valence-corrected chi connectivity index (χ2v) is 7.06. The molecule has 4 aromatic carbocycles. The molecule has 1 N–H and O–H groups in total. The monoisotopic (exact) mass is 359 g/mol. The highest BCUT2D eigenvalue weighted by molar-refractivity contribution is 6.10. The van der Waals surface area contributed by atoms with E-state index < -0.39 is 0 Å². The molecule has 0 aliphatic carbocycles. The summed E-state index contributed by atoms with van der Waals surface area (Å²) in [6.45, 7) is 0. The van der Waals surface area contributed by atoms with E-state index in [-0.39, 0.29) is 0 Å². The molecule has 5 aromatic rings. The Morgan fingerprint density at radius 3 is 2.00 bits per heavy atom. The summed E-state index contributed by atoms with van der Waals surface area (Å²) >= 11 is 0. The molecule has 0 saturated carbocycles. The number of H-pyrrole nitrogens is 1. The third kappa shape index (κ3) is 2.15. The first-order chi connectivity index (χ1) is 13.9. The number of fused-ring (bicyclic) bond motifs is 7. The van der Waals surface area contributed by atoms with Crippen LogP contribution in [0.3, 0.4) is 0 Å². The van der Waals surface area contributed by atoms with Crippen LogP contribution in [0, 0.1) is 0 Å². The molecule has 1 aliphatic rings. The summed E-state index contributed by atoms with van der Waals surface area (Å²) in [6, 6.07) is 33.6.